The minimum absolute atomic E-state index is 0.0349. The van der Waals surface area contributed by atoms with Gasteiger partial charge in [0.2, 0.25) is 11.8 Å². The standard InChI is InChI=1S/C35H50N4O7/c1-35(2,3)46-33(42)37-27-14-9-7-5-6-8-12-24-20-28(24)36-31(40)29-21-25(22-39(29)32(27)41)45-34(43)38-18-16-23(17-19-38)26-13-10-11-15-30(26)44-4/h8,10-13,15,23-25,27-29H,5-7,9,14,16-22H2,1-4H3,(H,36,40)(H,37,42)/b12-8-/t24-,25-,27+,28?,29+/m1/s1. The van der Waals surface area contributed by atoms with Gasteiger partial charge in [0.1, 0.15) is 29.5 Å². The first-order valence-electron chi connectivity index (χ1n) is 16.9. The van der Waals surface area contributed by atoms with Gasteiger partial charge in [0.25, 0.3) is 0 Å². The first-order valence-corrected chi connectivity index (χ1v) is 16.9. The summed E-state index contributed by atoms with van der Waals surface area (Å²) in [4.78, 5) is 56.9. The Kier molecular flexibility index (Phi) is 10.8. The van der Waals surface area contributed by atoms with E-state index in [1.165, 1.54) is 4.90 Å². The van der Waals surface area contributed by atoms with Gasteiger partial charge in [0, 0.05) is 25.6 Å². The zero-order chi connectivity index (χ0) is 32.8. The maximum Gasteiger partial charge on any atom is 0.410 e. The molecule has 5 rings (SSSR count). The second-order valence-electron chi connectivity index (χ2n) is 14.0. The topological polar surface area (TPSA) is 127 Å². The van der Waals surface area contributed by atoms with E-state index in [-0.39, 0.29) is 36.7 Å². The number of benzene rings is 1. The maximum absolute atomic E-state index is 14.1. The van der Waals surface area contributed by atoms with Crippen molar-refractivity contribution in [1.29, 1.82) is 0 Å². The predicted molar refractivity (Wildman–Crippen MR) is 172 cm³/mol. The van der Waals surface area contributed by atoms with Gasteiger partial charge in [-0.2, -0.15) is 0 Å². The minimum atomic E-state index is -0.858. The van der Waals surface area contributed by atoms with Crippen LogP contribution in [0, 0.1) is 5.92 Å². The molecule has 4 amide bonds. The smallest absolute Gasteiger partial charge is 0.410 e. The molecule has 11 nitrogen and oxygen atoms in total. The van der Waals surface area contributed by atoms with Crippen molar-refractivity contribution in [3.8, 4) is 5.75 Å². The summed E-state index contributed by atoms with van der Waals surface area (Å²) in [6, 6.07) is 6.35. The number of allylic oxidation sites excluding steroid dienone is 1. The number of carbonyl (C=O) groups excluding carboxylic acids is 4. The molecule has 0 spiro atoms. The lowest BCUT2D eigenvalue weighted by Crippen LogP contribution is -2.54. The lowest BCUT2D eigenvalue weighted by atomic mass is 9.89. The van der Waals surface area contributed by atoms with E-state index in [9.17, 15) is 19.2 Å². The molecule has 3 aliphatic heterocycles. The number of carbonyl (C=O) groups is 4. The summed E-state index contributed by atoms with van der Waals surface area (Å²) in [6.45, 7) is 6.47. The van der Waals surface area contributed by atoms with Gasteiger partial charge < -0.3 is 34.6 Å². The molecule has 0 bridgehead atoms. The molecule has 11 heteroatoms. The van der Waals surface area contributed by atoms with Crippen LogP contribution in [0.2, 0.25) is 0 Å². The molecule has 5 atom stereocenters. The van der Waals surface area contributed by atoms with Gasteiger partial charge in [-0.1, -0.05) is 43.2 Å². The summed E-state index contributed by atoms with van der Waals surface area (Å²) in [6.07, 6.45) is 9.22. The Morgan fingerprint density at radius 1 is 1.00 bits per heavy atom. The first kappa shape index (κ1) is 33.6. The van der Waals surface area contributed by atoms with Gasteiger partial charge >= 0.3 is 12.2 Å². The van der Waals surface area contributed by atoms with Crippen LogP contribution in [0.5, 0.6) is 5.75 Å². The molecule has 1 aromatic carbocycles. The summed E-state index contributed by atoms with van der Waals surface area (Å²) < 4.78 is 17.0. The summed E-state index contributed by atoms with van der Waals surface area (Å²) in [5, 5.41) is 5.88. The van der Waals surface area contributed by atoms with E-state index in [0.29, 0.717) is 25.4 Å². The highest BCUT2D eigenvalue weighted by molar-refractivity contribution is 5.92. The average molecular weight is 639 g/mol. The van der Waals surface area contributed by atoms with E-state index in [4.69, 9.17) is 14.2 Å². The van der Waals surface area contributed by atoms with Crippen molar-refractivity contribution in [2.75, 3.05) is 26.7 Å². The quantitative estimate of drug-likeness (QED) is 0.450. The number of amides is 4. The number of rotatable bonds is 4. The van der Waals surface area contributed by atoms with Crippen LogP contribution in [0.25, 0.3) is 0 Å². The normalized spacial score (nSPS) is 28.5. The molecule has 1 aliphatic carbocycles. The molecular formula is C35H50N4O7. The predicted octanol–water partition coefficient (Wildman–Crippen LogP) is 4.90. The van der Waals surface area contributed by atoms with Crippen LogP contribution in [0.3, 0.4) is 0 Å². The largest absolute Gasteiger partial charge is 0.496 e. The van der Waals surface area contributed by atoms with Crippen molar-refractivity contribution < 1.29 is 33.4 Å². The fourth-order valence-electron chi connectivity index (χ4n) is 6.81. The van der Waals surface area contributed by atoms with Gasteiger partial charge in [0.15, 0.2) is 0 Å². The molecular weight excluding hydrogens is 588 g/mol. The molecule has 1 saturated carbocycles. The van der Waals surface area contributed by atoms with Gasteiger partial charge in [0.05, 0.1) is 13.7 Å². The fraction of sp³-hybridized carbons (Fsp3) is 0.657. The van der Waals surface area contributed by atoms with Crippen LogP contribution < -0.4 is 15.4 Å². The summed E-state index contributed by atoms with van der Waals surface area (Å²) in [7, 11) is 1.67. The molecule has 46 heavy (non-hydrogen) atoms. The zero-order valence-corrected chi connectivity index (χ0v) is 27.7. The molecule has 1 aromatic rings. The van der Waals surface area contributed by atoms with Crippen LogP contribution in [-0.2, 0) is 19.1 Å². The number of alkyl carbamates (subject to hydrolysis) is 1. The third-order valence-corrected chi connectivity index (χ3v) is 9.35. The minimum Gasteiger partial charge on any atom is -0.496 e. The second-order valence-corrected chi connectivity index (χ2v) is 14.0. The van der Waals surface area contributed by atoms with Crippen molar-refractivity contribution in [1.82, 2.24) is 20.4 Å². The zero-order valence-electron chi connectivity index (χ0n) is 27.7. The van der Waals surface area contributed by atoms with Crippen LogP contribution >= 0.6 is 0 Å². The number of piperidine rings is 1. The summed E-state index contributed by atoms with van der Waals surface area (Å²) in [5.41, 5.74) is 0.419. The Hall–Kier alpha value is -3.76. The number of methoxy groups -OCH3 is 1. The molecule has 252 valence electrons. The number of nitrogens with one attached hydrogen (secondary N) is 2. The van der Waals surface area contributed by atoms with Crippen LogP contribution in [0.1, 0.15) is 90.0 Å². The number of ether oxygens (including phenoxy) is 3. The Bertz CT molecular complexity index is 1290. The monoisotopic (exact) mass is 638 g/mol. The Labute approximate surface area is 272 Å². The summed E-state index contributed by atoms with van der Waals surface area (Å²) in [5.74, 6) is 0.824. The lowest BCUT2D eigenvalue weighted by Gasteiger charge is -2.32. The van der Waals surface area contributed by atoms with Crippen LogP contribution in [0.15, 0.2) is 36.4 Å². The first-order chi connectivity index (χ1) is 22.0. The highest BCUT2D eigenvalue weighted by Crippen LogP contribution is 2.35. The van der Waals surface area contributed by atoms with Gasteiger partial charge in [-0.3, -0.25) is 9.59 Å². The van der Waals surface area contributed by atoms with Crippen LogP contribution in [-0.4, -0.2) is 90.4 Å². The summed E-state index contributed by atoms with van der Waals surface area (Å²) >= 11 is 0. The van der Waals surface area contributed by atoms with Gasteiger partial charge in [-0.15, -0.1) is 0 Å². The van der Waals surface area contributed by atoms with E-state index in [1.807, 2.05) is 18.2 Å². The van der Waals surface area contributed by atoms with E-state index >= 15 is 0 Å². The van der Waals surface area contributed by atoms with Crippen molar-refractivity contribution in [3.05, 3.63) is 42.0 Å². The Morgan fingerprint density at radius 3 is 2.50 bits per heavy atom. The molecule has 3 heterocycles. The number of hydrogen-bond donors (Lipinski definition) is 2. The molecule has 0 aromatic heterocycles. The molecule has 1 unspecified atom stereocenters. The number of para-hydroxylation sites is 1. The van der Waals surface area contributed by atoms with E-state index in [1.54, 1.807) is 32.8 Å². The SMILES string of the molecule is COc1ccccc1C1CCN(C(=O)O[C@@H]2C[C@H]3C(=O)NC4C[C@H]4/C=C\CCCCC[C@H](NC(=O)OC(C)(C)C)C(=O)N3C2)CC1. The van der Waals surface area contributed by atoms with Crippen molar-refractivity contribution in [2.24, 2.45) is 5.92 Å². The fourth-order valence-corrected chi connectivity index (χ4v) is 6.81. The van der Waals surface area contributed by atoms with Crippen molar-refractivity contribution in [2.45, 2.75) is 114 Å². The van der Waals surface area contributed by atoms with Crippen molar-refractivity contribution >= 4 is 24.0 Å². The lowest BCUT2D eigenvalue weighted by molar-refractivity contribution is -0.140. The number of fused-ring (bicyclic) bond motifs is 2. The molecule has 4 aliphatic rings. The molecule has 2 saturated heterocycles. The number of nitrogens with zero attached hydrogens (tertiary/aromatic N) is 2. The van der Waals surface area contributed by atoms with Crippen molar-refractivity contribution in [3.63, 3.8) is 0 Å². The van der Waals surface area contributed by atoms with E-state index < -0.39 is 36.0 Å². The van der Waals surface area contributed by atoms with Gasteiger partial charge in [-0.25, -0.2) is 9.59 Å². The van der Waals surface area contributed by atoms with Gasteiger partial charge in [-0.05, 0) is 82.8 Å². The highest BCUT2D eigenvalue weighted by atomic mass is 16.6. The van der Waals surface area contributed by atoms with E-state index in [0.717, 1.165) is 56.3 Å². The highest BCUT2D eigenvalue weighted by Gasteiger charge is 2.46. The maximum atomic E-state index is 14.1. The third kappa shape index (κ3) is 8.73. The third-order valence-electron chi connectivity index (χ3n) is 9.35. The number of likely N-dealkylation sites (tertiary alicyclic amines) is 1. The Balaban J connectivity index is 1.26. The van der Waals surface area contributed by atoms with Crippen LogP contribution in [0.4, 0.5) is 9.59 Å². The Morgan fingerprint density at radius 2 is 1.76 bits per heavy atom. The van der Waals surface area contributed by atoms with E-state index in [2.05, 4.69) is 28.9 Å². The molecule has 2 N–H and O–H groups in total. The number of hydrogen-bond acceptors (Lipinski definition) is 7. The second kappa shape index (κ2) is 14.8. The average Bonchev–Trinajstić information content (AvgIpc) is 3.61. The molecule has 0 radical (unpaired) electrons. The molecule has 3 fully saturated rings.